The first-order valence-corrected chi connectivity index (χ1v) is 4.67. The Labute approximate surface area is 97.2 Å². The lowest BCUT2D eigenvalue weighted by molar-refractivity contribution is -0.143. The predicted octanol–water partition coefficient (Wildman–Crippen LogP) is 0.554. The van der Waals surface area contributed by atoms with Gasteiger partial charge in [-0.15, -0.1) is 0 Å². The third-order valence-electron chi connectivity index (χ3n) is 1.88. The van der Waals surface area contributed by atoms with Crippen LogP contribution >= 0.6 is 0 Å². The van der Waals surface area contributed by atoms with Crippen molar-refractivity contribution in [3.05, 3.63) is 24.3 Å². The molecule has 0 aromatic heterocycles. The van der Waals surface area contributed by atoms with Gasteiger partial charge in [-0.25, -0.2) is 15.1 Å². The van der Waals surface area contributed by atoms with Crippen molar-refractivity contribution < 1.29 is 24.6 Å². The molecule has 0 aliphatic heterocycles. The summed E-state index contributed by atoms with van der Waals surface area (Å²) >= 11 is 0. The zero-order valence-corrected chi connectivity index (χ0v) is 9.08. The number of rotatable bonds is 4. The Morgan fingerprint density at radius 1 is 1.47 bits per heavy atom. The largest absolute Gasteiger partial charge is 0.508 e. The minimum absolute atomic E-state index is 0.0219. The van der Waals surface area contributed by atoms with Crippen molar-refractivity contribution in [1.82, 2.24) is 5.48 Å². The fourth-order valence-electron chi connectivity index (χ4n) is 1.05. The van der Waals surface area contributed by atoms with Crippen LogP contribution in [0, 0.1) is 0 Å². The van der Waals surface area contributed by atoms with Crippen LogP contribution in [0.3, 0.4) is 0 Å². The summed E-state index contributed by atoms with van der Waals surface area (Å²) in [4.78, 5) is 27.2. The Kier molecular flexibility index (Phi) is 4.29. The van der Waals surface area contributed by atoms with Gasteiger partial charge >= 0.3 is 12.0 Å². The third-order valence-corrected chi connectivity index (χ3v) is 1.88. The molecular weight excluding hydrogens is 228 g/mol. The van der Waals surface area contributed by atoms with Crippen molar-refractivity contribution in [2.24, 2.45) is 0 Å². The van der Waals surface area contributed by atoms with E-state index in [1.165, 1.54) is 24.1 Å². The van der Waals surface area contributed by atoms with Crippen LogP contribution in [0.25, 0.3) is 0 Å². The van der Waals surface area contributed by atoms with Crippen LogP contribution < -0.4 is 10.4 Å². The molecule has 3 N–H and O–H groups in total. The molecule has 92 valence electrons. The fourth-order valence-corrected chi connectivity index (χ4v) is 1.05. The zero-order chi connectivity index (χ0) is 12.8. The van der Waals surface area contributed by atoms with Crippen molar-refractivity contribution in [1.29, 1.82) is 0 Å². The molecule has 17 heavy (non-hydrogen) atoms. The number of carboxylic acid groups (broad SMARTS) is 1. The van der Waals surface area contributed by atoms with Gasteiger partial charge in [-0.3, -0.25) is 9.74 Å². The molecule has 0 bridgehead atoms. The molecule has 0 spiro atoms. The molecule has 0 aliphatic rings. The SMILES string of the molecule is CN(C(=O)NOCC(=O)O)c1cccc(O)c1. The van der Waals surface area contributed by atoms with Gasteiger partial charge in [0.25, 0.3) is 0 Å². The lowest BCUT2D eigenvalue weighted by atomic mass is 10.3. The van der Waals surface area contributed by atoms with E-state index in [-0.39, 0.29) is 5.75 Å². The lowest BCUT2D eigenvalue weighted by Gasteiger charge is -2.17. The highest BCUT2D eigenvalue weighted by Gasteiger charge is 2.11. The van der Waals surface area contributed by atoms with Crippen LogP contribution in [0.15, 0.2) is 24.3 Å². The summed E-state index contributed by atoms with van der Waals surface area (Å²) < 4.78 is 0. The summed E-state index contributed by atoms with van der Waals surface area (Å²) in [6.07, 6.45) is 0. The Balaban J connectivity index is 2.54. The number of aliphatic carboxylic acids is 1. The average Bonchev–Trinajstić information content (AvgIpc) is 2.27. The number of phenols is 1. The molecule has 0 atom stereocenters. The molecule has 0 heterocycles. The Hall–Kier alpha value is -2.28. The van der Waals surface area contributed by atoms with Crippen molar-refractivity contribution in [2.45, 2.75) is 0 Å². The number of carbonyl (C=O) groups excluding carboxylic acids is 1. The topological polar surface area (TPSA) is 99.1 Å². The summed E-state index contributed by atoms with van der Waals surface area (Å²) in [7, 11) is 1.45. The van der Waals surface area contributed by atoms with E-state index >= 15 is 0 Å². The summed E-state index contributed by atoms with van der Waals surface area (Å²) in [5.41, 5.74) is 2.40. The first kappa shape index (κ1) is 12.8. The summed E-state index contributed by atoms with van der Waals surface area (Å²) in [6, 6.07) is 5.40. The number of phenolic OH excluding ortho intramolecular Hbond substituents is 1. The maximum atomic E-state index is 11.5. The van der Waals surface area contributed by atoms with Gasteiger partial charge in [0.1, 0.15) is 5.75 Å². The van der Waals surface area contributed by atoms with E-state index in [0.717, 1.165) is 0 Å². The van der Waals surface area contributed by atoms with Gasteiger partial charge in [0.15, 0.2) is 6.61 Å². The summed E-state index contributed by atoms with van der Waals surface area (Å²) in [5, 5.41) is 17.5. The molecule has 1 rings (SSSR count). The quantitative estimate of drug-likeness (QED) is 0.667. The number of hydrogen-bond donors (Lipinski definition) is 3. The van der Waals surface area contributed by atoms with Crippen molar-refractivity contribution >= 4 is 17.7 Å². The van der Waals surface area contributed by atoms with Gasteiger partial charge in [0.05, 0.1) is 0 Å². The summed E-state index contributed by atoms with van der Waals surface area (Å²) in [6.45, 7) is -0.625. The molecule has 0 fully saturated rings. The number of anilines is 1. The first-order valence-electron chi connectivity index (χ1n) is 4.67. The van der Waals surface area contributed by atoms with E-state index in [0.29, 0.717) is 5.69 Å². The van der Waals surface area contributed by atoms with Crippen molar-refractivity contribution in [3.63, 3.8) is 0 Å². The maximum Gasteiger partial charge on any atom is 0.345 e. The van der Waals surface area contributed by atoms with Crippen LogP contribution in [-0.4, -0.2) is 35.9 Å². The van der Waals surface area contributed by atoms with Crippen LogP contribution in [0.1, 0.15) is 0 Å². The van der Waals surface area contributed by atoms with E-state index in [1.54, 1.807) is 12.1 Å². The second-order valence-corrected chi connectivity index (χ2v) is 3.17. The number of benzene rings is 1. The van der Waals surface area contributed by atoms with Gasteiger partial charge in [-0.1, -0.05) is 6.07 Å². The molecule has 1 aromatic carbocycles. The molecule has 0 saturated carbocycles. The molecule has 0 saturated heterocycles. The van der Waals surface area contributed by atoms with E-state index in [2.05, 4.69) is 4.84 Å². The molecule has 0 radical (unpaired) electrons. The number of carboxylic acids is 1. The number of hydrogen-bond acceptors (Lipinski definition) is 4. The van der Waals surface area contributed by atoms with E-state index in [9.17, 15) is 14.7 Å². The first-order chi connectivity index (χ1) is 8.00. The fraction of sp³-hybridized carbons (Fsp3) is 0.200. The number of nitrogens with one attached hydrogen (secondary N) is 1. The monoisotopic (exact) mass is 240 g/mol. The highest BCUT2D eigenvalue weighted by Crippen LogP contribution is 2.18. The van der Waals surface area contributed by atoms with Crippen LogP contribution in [-0.2, 0) is 9.63 Å². The molecular formula is C10H12N2O5. The van der Waals surface area contributed by atoms with Crippen LogP contribution in [0.5, 0.6) is 5.75 Å². The molecule has 7 heteroatoms. The van der Waals surface area contributed by atoms with Gasteiger partial charge < -0.3 is 10.2 Å². The average molecular weight is 240 g/mol. The normalized spacial score (nSPS) is 9.71. The van der Waals surface area contributed by atoms with E-state index < -0.39 is 18.6 Å². The third kappa shape index (κ3) is 3.99. The Morgan fingerprint density at radius 2 is 2.18 bits per heavy atom. The molecule has 7 nitrogen and oxygen atoms in total. The van der Waals surface area contributed by atoms with E-state index in [4.69, 9.17) is 5.11 Å². The highest BCUT2D eigenvalue weighted by molar-refractivity contribution is 5.90. The molecule has 1 aromatic rings. The Morgan fingerprint density at radius 3 is 2.76 bits per heavy atom. The molecule has 0 unspecified atom stereocenters. The number of aromatic hydroxyl groups is 1. The highest BCUT2D eigenvalue weighted by atomic mass is 16.7. The minimum Gasteiger partial charge on any atom is -0.508 e. The van der Waals surface area contributed by atoms with Gasteiger partial charge in [0.2, 0.25) is 0 Å². The van der Waals surface area contributed by atoms with Gasteiger partial charge in [-0.2, -0.15) is 0 Å². The number of urea groups is 1. The maximum absolute atomic E-state index is 11.5. The number of carbonyl (C=O) groups is 2. The number of hydroxylamine groups is 1. The van der Waals surface area contributed by atoms with E-state index in [1.807, 2.05) is 5.48 Å². The van der Waals surface area contributed by atoms with Crippen molar-refractivity contribution in [2.75, 3.05) is 18.6 Å². The second kappa shape index (κ2) is 5.71. The molecule has 2 amide bonds. The zero-order valence-electron chi connectivity index (χ0n) is 9.08. The standard InChI is InChI=1S/C10H12N2O5/c1-12(7-3-2-4-8(13)5-7)10(16)11-17-6-9(14)15/h2-5,13H,6H2,1H3,(H,11,16)(H,14,15). The smallest absolute Gasteiger partial charge is 0.345 e. The number of nitrogens with zero attached hydrogens (tertiary/aromatic N) is 1. The summed E-state index contributed by atoms with van der Waals surface area (Å²) in [5.74, 6) is -1.17. The van der Waals surface area contributed by atoms with Gasteiger partial charge in [0, 0.05) is 18.8 Å². The van der Waals surface area contributed by atoms with Crippen molar-refractivity contribution in [3.8, 4) is 5.75 Å². The van der Waals surface area contributed by atoms with Gasteiger partial charge in [-0.05, 0) is 12.1 Å². The number of amides is 2. The van der Waals surface area contributed by atoms with Crippen LogP contribution in [0.4, 0.5) is 10.5 Å². The molecule has 0 aliphatic carbocycles. The van der Waals surface area contributed by atoms with Crippen LogP contribution in [0.2, 0.25) is 0 Å². The minimum atomic E-state index is -1.19. The Bertz CT molecular complexity index is 421. The second-order valence-electron chi connectivity index (χ2n) is 3.17. The lowest BCUT2D eigenvalue weighted by Crippen LogP contribution is -2.38. The predicted molar refractivity (Wildman–Crippen MR) is 58.6 cm³/mol.